The van der Waals surface area contributed by atoms with E-state index in [1.165, 1.54) is 12.1 Å². The second kappa shape index (κ2) is 4.98. The number of anilines is 1. The van der Waals surface area contributed by atoms with Gasteiger partial charge in [0.1, 0.15) is 11.6 Å². The van der Waals surface area contributed by atoms with E-state index < -0.39 is 16.5 Å². The summed E-state index contributed by atoms with van der Waals surface area (Å²) in [7, 11) is 0. The topological polar surface area (TPSA) is 180 Å². The molecule has 0 fully saturated rings. The number of amidine groups is 1. The fraction of sp³-hybridized carbons (Fsp3) is 0. The molecule has 0 atom stereocenters. The van der Waals surface area contributed by atoms with Crippen molar-refractivity contribution in [2.75, 3.05) is 5.43 Å². The fourth-order valence-corrected chi connectivity index (χ4v) is 1.36. The zero-order valence-electron chi connectivity index (χ0n) is 9.69. The van der Waals surface area contributed by atoms with E-state index in [1.807, 2.05) is 0 Å². The van der Waals surface area contributed by atoms with E-state index in [1.54, 1.807) is 6.07 Å². The largest absolute Gasteiger partial charge is 0.382 e. The Morgan fingerprint density at radius 1 is 1.60 bits per heavy atom. The van der Waals surface area contributed by atoms with Gasteiger partial charge in [0.25, 0.3) is 5.69 Å². The van der Waals surface area contributed by atoms with Gasteiger partial charge >= 0.3 is 0 Å². The average Bonchev–Trinajstić information content (AvgIpc) is 2.87. The van der Waals surface area contributed by atoms with Gasteiger partial charge in [-0.2, -0.15) is 10.4 Å². The van der Waals surface area contributed by atoms with Gasteiger partial charge in [-0.1, -0.05) is 0 Å². The Labute approximate surface area is 110 Å². The van der Waals surface area contributed by atoms with E-state index >= 15 is 0 Å². The molecule has 0 spiro atoms. The summed E-state index contributed by atoms with van der Waals surface area (Å²) in [6.45, 7) is 0. The minimum Gasteiger partial charge on any atom is -0.382 e. The van der Waals surface area contributed by atoms with E-state index in [-0.39, 0.29) is 22.4 Å². The number of benzene rings is 1. The molecule has 1 heterocycles. The van der Waals surface area contributed by atoms with Crippen LogP contribution in [-0.4, -0.2) is 26.8 Å². The third-order valence-corrected chi connectivity index (χ3v) is 2.24. The molecule has 0 aliphatic heterocycles. The molecule has 0 saturated carbocycles. The quantitative estimate of drug-likeness (QED) is 0.309. The van der Waals surface area contributed by atoms with Crippen molar-refractivity contribution in [3.63, 3.8) is 0 Å². The first kappa shape index (κ1) is 12.9. The van der Waals surface area contributed by atoms with Gasteiger partial charge in [0.2, 0.25) is 5.71 Å². The van der Waals surface area contributed by atoms with E-state index in [0.29, 0.717) is 0 Å². The van der Waals surface area contributed by atoms with Gasteiger partial charge in [-0.25, -0.2) is 4.63 Å². The minimum atomic E-state index is -0.661. The van der Waals surface area contributed by atoms with E-state index in [2.05, 4.69) is 25.5 Å². The third-order valence-electron chi connectivity index (χ3n) is 2.24. The molecule has 0 bridgehead atoms. The van der Waals surface area contributed by atoms with Crippen LogP contribution in [0.5, 0.6) is 0 Å². The van der Waals surface area contributed by atoms with Crippen molar-refractivity contribution < 1.29 is 9.55 Å². The Morgan fingerprint density at radius 3 is 2.95 bits per heavy atom. The zero-order valence-corrected chi connectivity index (χ0v) is 9.69. The number of nitro benzene ring substituents is 1. The first-order valence-corrected chi connectivity index (χ1v) is 5.02. The maximum Gasteiger partial charge on any atom is 0.296 e. The number of nitrogens with two attached hydrogens (primary N) is 1. The number of nitro groups is 1. The Balaban J connectivity index is 2.54. The first-order chi connectivity index (χ1) is 9.54. The Morgan fingerprint density at radius 2 is 2.35 bits per heavy atom. The normalized spacial score (nSPS) is 11.1. The zero-order chi connectivity index (χ0) is 14.7. The number of aromatic nitrogens is 2. The first-order valence-electron chi connectivity index (χ1n) is 5.02. The average molecular weight is 274 g/mol. The Kier molecular flexibility index (Phi) is 3.21. The number of fused-ring (bicyclic) bond motifs is 1. The van der Waals surface area contributed by atoms with Gasteiger partial charge in [0.15, 0.2) is 17.0 Å². The molecule has 0 saturated heterocycles. The van der Waals surface area contributed by atoms with Crippen LogP contribution in [0, 0.1) is 26.9 Å². The van der Waals surface area contributed by atoms with E-state index in [9.17, 15) is 10.1 Å². The molecule has 0 aliphatic carbocycles. The number of rotatable bonds is 4. The number of hydrogen-bond donors (Lipinski definition) is 3. The van der Waals surface area contributed by atoms with Crippen LogP contribution in [0.25, 0.3) is 11.0 Å². The van der Waals surface area contributed by atoms with Crippen molar-refractivity contribution in [1.82, 2.24) is 10.3 Å². The lowest BCUT2D eigenvalue weighted by Gasteiger charge is -2.02. The lowest BCUT2D eigenvalue weighted by molar-refractivity contribution is -0.383. The Bertz CT molecular complexity index is 771. The van der Waals surface area contributed by atoms with Crippen LogP contribution >= 0.6 is 0 Å². The summed E-state index contributed by atoms with van der Waals surface area (Å²) >= 11 is 0. The predicted octanol–water partition coefficient (Wildman–Crippen LogP) is 0.358. The fourth-order valence-electron chi connectivity index (χ4n) is 1.36. The molecule has 0 aliphatic rings. The van der Waals surface area contributed by atoms with E-state index in [0.717, 1.165) is 0 Å². The van der Waals surface area contributed by atoms with Gasteiger partial charge in [0.05, 0.1) is 4.92 Å². The molecule has 2 aromatic rings. The van der Waals surface area contributed by atoms with E-state index in [4.69, 9.17) is 16.4 Å². The van der Waals surface area contributed by atoms with Crippen LogP contribution in [-0.2, 0) is 0 Å². The summed E-state index contributed by atoms with van der Waals surface area (Å²) in [6, 6.07) is 4.11. The monoisotopic (exact) mass is 274 g/mol. The maximum absolute atomic E-state index is 10.9. The summed E-state index contributed by atoms with van der Waals surface area (Å²) in [5.41, 5.74) is 6.89. The molecular weight excluding hydrogens is 268 g/mol. The smallest absolute Gasteiger partial charge is 0.296 e. The van der Waals surface area contributed by atoms with Crippen molar-refractivity contribution in [1.29, 1.82) is 10.7 Å². The molecule has 11 nitrogen and oxygen atoms in total. The molecule has 0 radical (unpaired) electrons. The van der Waals surface area contributed by atoms with Crippen molar-refractivity contribution in [3.05, 3.63) is 22.2 Å². The standard InChI is InChI=1S/C9H6N8O3/c10-3-5(9(11)12)13-14-8-6(17(18)19)2-1-4-7(8)16-20-15-4/h1-2,14H,(H3,11,12)/b13-5+. The number of nitrogens with zero attached hydrogens (tertiary/aromatic N) is 5. The van der Waals surface area contributed by atoms with Crippen LogP contribution in [0.4, 0.5) is 11.4 Å². The molecule has 1 aromatic heterocycles. The van der Waals surface area contributed by atoms with Crippen LogP contribution < -0.4 is 11.2 Å². The van der Waals surface area contributed by atoms with Crippen molar-refractivity contribution >= 4 is 34.0 Å². The highest BCUT2D eigenvalue weighted by Gasteiger charge is 2.20. The molecule has 100 valence electrons. The van der Waals surface area contributed by atoms with Gasteiger partial charge in [0, 0.05) is 6.07 Å². The van der Waals surface area contributed by atoms with Gasteiger partial charge in [-0.3, -0.25) is 20.9 Å². The van der Waals surface area contributed by atoms with Crippen LogP contribution in [0.1, 0.15) is 0 Å². The summed E-state index contributed by atoms with van der Waals surface area (Å²) in [5.74, 6) is -0.576. The molecule has 20 heavy (non-hydrogen) atoms. The molecule has 11 heteroatoms. The number of nitriles is 1. The molecule has 0 amide bonds. The lowest BCUT2D eigenvalue weighted by atomic mass is 10.2. The molecular formula is C9H6N8O3. The summed E-state index contributed by atoms with van der Waals surface area (Å²) in [4.78, 5) is 10.3. The van der Waals surface area contributed by atoms with Gasteiger partial charge in [-0.15, -0.1) is 0 Å². The minimum absolute atomic E-state index is 0.0730. The molecule has 0 unspecified atom stereocenters. The summed E-state index contributed by atoms with van der Waals surface area (Å²) in [5, 5.41) is 37.3. The summed E-state index contributed by atoms with van der Waals surface area (Å²) < 4.78 is 4.48. The molecule has 1 aromatic carbocycles. The van der Waals surface area contributed by atoms with Crippen LogP contribution in [0.15, 0.2) is 21.9 Å². The Hall–Kier alpha value is -3.55. The third kappa shape index (κ3) is 2.20. The van der Waals surface area contributed by atoms with Crippen LogP contribution in [0.3, 0.4) is 0 Å². The highest BCUT2D eigenvalue weighted by molar-refractivity contribution is 6.45. The molecule has 4 N–H and O–H groups in total. The SMILES string of the molecule is N#C/C(=N\Nc1c([N+](=O)[O-])ccc2nonc12)C(=N)N. The highest BCUT2D eigenvalue weighted by atomic mass is 16.6. The van der Waals surface area contributed by atoms with Crippen LogP contribution in [0.2, 0.25) is 0 Å². The summed E-state index contributed by atoms with van der Waals surface area (Å²) in [6.07, 6.45) is 0. The van der Waals surface area contributed by atoms with Gasteiger partial charge in [-0.05, 0) is 16.4 Å². The number of hydrogen-bond acceptors (Lipinski definition) is 9. The lowest BCUT2D eigenvalue weighted by Crippen LogP contribution is -2.22. The second-order valence-electron chi connectivity index (χ2n) is 3.45. The van der Waals surface area contributed by atoms with Crippen molar-refractivity contribution in [2.45, 2.75) is 0 Å². The predicted molar refractivity (Wildman–Crippen MR) is 67.0 cm³/mol. The molecule has 2 rings (SSSR count). The highest BCUT2D eigenvalue weighted by Crippen LogP contribution is 2.31. The van der Waals surface area contributed by atoms with Gasteiger partial charge < -0.3 is 5.73 Å². The number of hydrazone groups is 1. The van der Waals surface area contributed by atoms with Crippen molar-refractivity contribution in [3.8, 4) is 6.07 Å². The van der Waals surface area contributed by atoms with Crippen molar-refractivity contribution in [2.24, 2.45) is 10.8 Å². The maximum atomic E-state index is 10.9. The number of nitrogens with one attached hydrogen (secondary N) is 2. The second-order valence-corrected chi connectivity index (χ2v) is 3.45.